The van der Waals surface area contributed by atoms with Gasteiger partial charge in [-0.05, 0) is 56.3 Å². The summed E-state index contributed by atoms with van der Waals surface area (Å²) in [6.07, 6.45) is 0. The molecule has 0 unspecified atom stereocenters. The van der Waals surface area contributed by atoms with Crippen molar-refractivity contribution in [3.05, 3.63) is 47.5 Å². The minimum Gasteiger partial charge on any atom is -0.367 e. The van der Waals surface area contributed by atoms with E-state index in [0.29, 0.717) is 16.8 Å². The van der Waals surface area contributed by atoms with Gasteiger partial charge in [-0.15, -0.1) is 0 Å². The molecular formula is C19H26N4O4S2. The maximum Gasteiger partial charge on any atom is 0.262 e. The lowest BCUT2D eigenvalue weighted by Crippen LogP contribution is -2.44. The van der Waals surface area contributed by atoms with Crippen LogP contribution in [0.1, 0.15) is 11.1 Å². The molecule has 1 heterocycles. The highest BCUT2D eigenvalue weighted by Crippen LogP contribution is 2.31. The van der Waals surface area contributed by atoms with Gasteiger partial charge in [0.05, 0.1) is 21.2 Å². The molecule has 1 aliphatic heterocycles. The molecule has 1 aliphatic rings. The number of piperazine rings is 1. The predicted molar refractivity (Wildman–Crippen MR) is 114 cm³/mol. The smallest absolute Gasteiger partial charge is 0.262 e. The quantitative estimate of drug-likeness (QED) is 0.732. The topological polar surface area (TPSA) is 113 Å². The molecule has 0 saturated carbocycles. The molecule has 10 heteroatoms. The molecule has 0 radical (unpaired) electrons. The van der Waals surface area contributed by atoms with Crippen molar-refractivity contribution < 1.29 is 16.8 Å². The molecule has 1 saturated heterocycles. The van der Waals surface area contributed by atoms with E-state index < -0.39 is 20.0 Å². The van der Waals surface area contributed by atoms with Gasteiger partial charge in [0.2, 0.25) is 10.0 Å². The van der Waals surface area contributed by atoms with E-state index in [1.807, 2.05) is 12.1 Å². The number of primary sulfonamides is 1. The lowest BCUT2D eigenvalue weighted by Gasteiger charge is -2.35. The van der Waals surface area contributed by atoms with Crippen LogP contribution in [0.2, 0.25) is 0 Å². The summed E-state index contributed by atoms with van der Waals surface area (Å²) in [5.41, 5.74) is 1.98. The molecule has 3 rings (SSSR count). The number of anilines is 2. The van der Waals surface area contributed by atoms with Crippen molar-refractivity contribution in [1.29, 1.82) is 0 Å². The molecule has 2 aromatic carbocycles. The van der Waals surface area contributed by atoms with Crippen molar-refractivity contribution in [2.45, 2.75) is 23.6 Å². The van der Waals surface area contributed by atoms with Gasteiger partial charge in [-0.2, -0.15) is 0 Å². The summed E-state index contributed by atoms with van der Waals surface area (Å²) >= 11 is 0. The minimum atomic E-state index is -3.93. The standard InChI is InChI=1S/C19H26N4O4S2/c1-14-15(2)19(9-8-18(14)28(20,24)25)29(26,27)21-16-6-4-5-7-17(16)23-12-10-22(3)11-13-23/h4-9,21H,10-13H2,1-3H3,(H2,20,24,25). The Balaban J connectivity index is 1.96. The fourth-order valence-corrected chi connectivity index (χ4v) is 5.67. The molecule has 158 valence electrons. The first-order chi connectivity index (χ1) is 13.5. The number of nitrogens with zero attached hydrogens (tertiary/aromatic N) is 2. The number of likely N-dealkylation sites (N-methyl/N-ethyl adjacent to an activating group) is 1. The molecule has 0 aromatic heterocycles. The largest absolute Gasteiger partial charge is 0.367 e. The Labute approximate surface area is 172 Å². The second kappa shape index (κ2) is 7.94. The molecule has 29 heavy (non-hydrogen) atoms. The van der Waals surface area contributed by atoms with Crippen LogP contribution in [-0.2, 0) is 20.0 Å². The average molecular weight is 439 g/mol. The maximum atomic E-state index is 13.1. The molecule has 0 aliphatic carbocycles. The highest BCUT2D eigenvalue weighted by atomic mass is 32.2. The van der Waals surface area contributed by atoms with Crippen LogP contribution >= 0.6 is 0 Å². The first-order valence-corrected chi connectivity index (χ1v) is 12.2. The fourth-order valence-electron chi connectivity index (χ4n) is 3.45. The van der Waals surface area contributed by atoms with Crippen molar-refractivity contribution in [1.82, 2.24) is 4.90 Å². The van der Waals surface area contributed by atoms with E-state index in [2.05, 4.69) is 21.6 Å². The van der Waals surface area contributed by atoms with Gasteiger partial charge in [0.25, 0.3) is 10.0 Å². The summed E-state index contributed by atoms with van der Waals surface area (Å²) in [4.78, 5) is 4.32. The number of nitrogens with two attached hydrogens (primary N) is 1. The normalized spacial score (nSPS) is 16.1. The monoisotopic (exact) mass is 438 g/mol. The number of sulfonamides is 2. The van der Waals surface area contributed by atoms with Crippen LogP contribution in [0, 0.1) is 13.8 Å². The van der Waals surface area contributed by atoms with Crippen molar-refractivity contribution in [2.75, 3.05) is 42.8 Å². The van der Waals surface area contributed by atoms with Crippen molar-refractivity contribution in [3.63, 3.8) is 0 Å². The molecule has 1 fully saturated rings. The summed E-state index contributed by atoms with van der Waals surface area (Å²) < 4.78 is 52.3. The molecular weight excluding hydrogens is 412 g/mol. The van der Waals surface area contributed by atoms with Gasteiger partial charge in [-0.25, -0.2) is 22.0 Å². The highest BCUT2D eigenvalue weighted by Gasteiger charge is 2.24. The summed E-state index contributed by atoms with van der Waals surface area (Å²) in [7, 11) is -5.79. The molecule has 0 bridgehead atoms. The van der Waals surface area contributed by atoms with Crippen molar-refractivity contribution in [2.24, 2.45) is 5.14 Å². The van der Waals surface area contributed by atoms with Crippen LogP contribution in [0.25, 0.3) is 0 Å². The van der Waals surface area contributed by atoms with Crippen LogP contribution in [0.15, 0.2) is 46.2 Å². The summed E-state index contributed by atoms with van der Waals surface area (Å²) in [6, 6.07) is 9.79. The van der Waals surface area contributed by atoms with Crippen LogP contribution in [-0.4, -0.2) is 55.0 Å². The number of nitrogens with one attached hydrogen (secondary N) is 1. The van der Waals surface area contributed by atoms with Gasteiger partial charge in [-0.3, -0.25) is 4.72 Å². The number of benzene rings is 2. The Hall–Kier alpha value is -2.14. The van der Waals surface area contributed by atoms with Gasteiger partial charge in [0.1, 0.15) is 0 Å². The fraction of sp³-hybridized carbons (Fsp3) is 0.368. The van der Waals surface area contributed by atoms with Gasteiger partial charge in [-0.1, -0.05) is 12.1 Å². The van der Waals surface area contributed by atoms with E-state index in [1.54, 1.807) is 26.0 Å². The van der Waals surface area contributed by atoms with E-state index in [-0.39, 0.29) is 9.79 Å². The zero-order valence-electron chi connectivity index (χ0n) is 16.7. The number of para-hydroxylation sites is 2. The Kier molecular flexibility index (Phi) is 5.91. The van der Waals surface area contributed by atoms with Crippen molar-refractivity contribution in [3.8, 4) is 0 Å². The lowest BCUT2D eigenvalue weighted by molar-refractivity contribution is 0.313. The van der Waals surface area contributed by atoms with E-state index in [0.717, 1.165) is 31.9 Å². The van der Waals surface area contributed by atoms with Gasteiger partial charge >= 0.3 is 0 Å². The Morgan fingerprint density at radius 3 is 2.03 bits per heavy atom. The summed E-state index contributed by atoms with van der Waals surface area (Å²) in [6.45, 7) is 6.52. The lowest BCUT2D eigenvalue weighted by atomic mass is 10.1. The first kappa shape index (κ1) is 21.6. The van der Waals surface area contributed by atoms with E-state index in [1.165, 1.54) is 12.1 Å². The predicted octanol–water partition coefficient (Wildman–Crippen LogP) is 1.50. The van der Waals surface area contributed by atoms with E-state index in [9.17, 15) is 16.8 Å². The molecule has 0 amide bonds. The second-order valence-electron chi connectivity index (χ2n) is 7.27. The number of hydrogen-bond donors (Lipinski definition) is 2. The number of rotatable bonds is 5. The third-order valence-electron chi connectivity index (χ3n) is 5.28. The van der Waals surface area contributed by atoms with Gasteiger partial charge < -0.3 is 9.80 Å². The molecule has 0 atom stereocenters. The van der Waals surface area contributed by atoms with Crippen LogP contribution in [0.3, 0.4) is 0 Å². The zero-order chi connectivity index (χ0) is 21.4. The Bertz CT molecular complexity index is 1120. The van der Waals surface area contributed by atoms with Crippen molar-refractivity contribution >= 4 is 31.4 Å². The number of hydrogen-bond acceptors (Lipinski definition) is 6. The van der Waals surface area contributed by atoms with Gasteiger partial charge in [0, 0.05) is 26.2 Å². The Morgan fingerprint density at radius 1 is 0.862 bits per heavy atom. The second-order valence-corrected chi connectivity index (χ2v) is 10.5. The molecule has 0 spiro atoms. The van der Waals surface area contributed by atoms with Crippen LogP contribution in [0.5, 0.6) is 0 Å². The van der Waals surface area contributed by atoms with Crippen LogP contribution in [0.4, 0.5) is 11.4 Å². The Morgan fingerprint density at radius 2 is 1.41 bits per heavy atom. The van der Waals surface area contributed by atoms with Crippen LogP contribution < -0.4 is 14.8 Å². The maximum absolute atomic E-state index is 13.1. The molecule has 2 aromatic rings. The van der Waals surface area contributed by atoms with Gasteiger partial charge in [0.15, 0.2) is 0 Å². The highest BCUT2D eigenvalue weighted by molar-refractivity contribution is 7.92. The van der Waals surface area contributed by atoms with E-state index >= 15 is 0 Å². The summed E-state index contributed by atoms with van der Waals surface area (Å²) in [5.74, 6) is 0. The SMILES string of the molecule is Cc1c(S(N)(=O)=O)ccc(S(=O)(=O)Nc2ccccc2N2CCN(C)CC2)c1C. The third kappa shape index (κ3) is 4.55. The van der Waals surface area contributed by atoms with E-state index in [4.69, 9.17) is 5.14 Å². The molecule has 3 N–H and O–H groups in total. The minimum absolute atomic E-state index is 0.0237. The zero-order valence-corrected chi connectivity index (χ0v) is 18.3. The average Bonchev–Trinajstić information content (AvgIpc) is 2.63. The molecule has 8 nitrogen and oxygen atoms in total. The summed E-state index contributed by atoms with van der Waals surface area (Å²) in [5, 5.41) is 5.22. The third-order valence-corrected chi connectivity index (χ3v) is 7.84. The first-order valence-electron chi connectivity index (χ1n) is 9.19.